The summed E-state index contributed by atoms with van der Waals surface area (Å²) >= 11 is 6.01. The van der Waals surface area contributed by atoms with Crippen LogP contribution in [0, 0.1) is 0 Å². The van der Waals surface area contributed by atoms with Crippen molar-refractivity contribution < 1.29 is 14.4 Å². The highest BCUT2D eigenvalue weighted by molar-refractivity contribution is 6.31. The van der Waals surface area contributed by atoms with Gasteiger partial charge in [0, 0.05) is 23.5 Å². The van der Waals surface area contributed by atoms with E-state index in [1.807, 2.05) is 20.8 Å². The van der Waals surface area contributed by atoms with Crippen molar-refractivity contribution >= 4 is 35.0 Å². The third-order valence-electron chi connectivity index (χ3n) is 3.49. The minimum Gasteiger partial charge on any atom is -0.350 e. The van der Waals surface area contributed by atoms with Crippen LogP contribution in [0.2, 0.25) is 5.02 Å². The van der Waals surface area contributed by atoms with Gasteiger partial charge in [0.2, 0.25) is 11.8 Å². The number of carbonyl (C=O) groups is 3. The predicted molar refractivity (Wildman–Crippen MR) is 93.3 cm³/mol. The third-order valence-corrected chi connectivity index (χ3v) is 3.73. The van der Waals surface area contributed by atoms with Gasteiger partial charge in [0.15, 0.2) is 0 Å². The SMILES string of the molecule is CC(C)(C)NC(=O)CNC(=O)c1ccc(Cl)cc1N1CCCC1=O. The van der Waals surface area contributed by atoms with Crippen LogP contribution in [0.25, 0.3) is 0 Å². The van der Waals surface area contributed by atoms with E-state index in [9.17, 15) is 14.4 Å². The van der Waals surface area contributed by atoms with E-state index < -0.39 is 5.91 Å². The van der Waals surface area contributed by atoms with Crippen LogP contribution in [0.3, 0.4) is 0 Å². The molecule has 1 aliphatic rings. The molecule has 7 heteroatoms. The molecule has 3 amide bonds. The Labute approximate surface area is 146 Å². The van der Waals surface area contributed by atoms with Crippen molar-refractivity contribution in [2.45, 2.75) is 39.2 Å². The number of carbonyl (C=O) groups excluding carboxylic acids is 3. The first kappa shape index (κ1) is 18.3. The van der Waals surface area contributed by atoms with Crippen LogP contribution in [0.15, 0.2) is 18.2 Å². The van der Waals surface area contributed by atoms with Gasteiger partial charge in [0.25, 0.3) is 5.91 Å². The second-order valence-electron chi connectivity index (χ2n) is 6.79. The number of anilines is 1. The smallest absolute Gasteiger partial charge is 0.253 e. The van der Waals surface area contributed by atoms with Crippen molar-refractivity contribution in [1.29, 1.82) is 0 Å². The zero-order valence-corrected chi connectivity index (χ0v) is 14.9. The summed E-state index contributed by atoms with van der Waals surface area (Å²) in [5, 5.41) is 5.81. The van der Waals surface area contributed by atoms with Crippen LogP contribution < -0.4 is 15.5 Å². The summed E-state index contributed by atoms with van der Waals surface area (Å²) < 4.78 is 0. The second kappa shape index (κ2) is 7.21. The standard InChI is InChI=1S/C17H22ClN3O3/c1-17(2,3)20-14(22)10-19-16(24)12-7-6-11(18)9-13(12)21-8-4-5-15(21)23/h6-7,9H,4-5,8,10H2,1-3H3,(H,19,24)(H,20,22). The van der Waals surface area contributed by atoms with E-state index in [1.54, 1.807) is 23.1 Å². The van der Waals surface area contributed by atoms with Crippen molar-refractivity contribution in [2.75, 3.05) is 18.0 Å². The predicted octanol–water partition coefficient (Wildman–Crippen LogP) is 2.11. The molecule has 0 aromatic heterocycles. The molecule has 1 aliphatic heterocycles. The van der Waals surface area contributed by atoms with Crippen molar-refractivity contribution in [2.24, 2.45) is 0 Å². The Morgan fingerprint density at radius 1 is 1.29 bits per heavy atom. The fourth-order valence-corrected chi connectivity index (χ4v) is 2.71. The summed E-state index contributed by atoms with van der Waals surface area (Å²) in [5.74, 6) is -0.717. The fourth-order valence-electron chi connectivity index (χ4n) is 2.54. The lowest BCUT2D eigenvalue weighted by molar-refractivity contribution is -0.121. The Morgan fingerprint density at radius 2 is 2.00 bits per heavy atom. The highest BCUT2D eigenvalue weighted by Crippen LogP contribution is 2.28. The molecule has 0 unspecified atom stereocenters. The van der Waals surface area contributed by atoms with E-state index in [-0.39, 0.29) is 23.9 Å². The molecule has 2 rings (SSSR count). The first-order chi connectivity index (χ1) is 11.2. The average molecular weight is 352 g/mol. The van der Waals surface area contributed by atoms with Gasteiger partial charge in [0.1, 0.15) is 0 Å². The fraction of sp³-hybridized carbons (Fsp3) is 0.471. The molecule has 0 radical (unpaired) electrons. The van der Waals surface area contributed by atoms with Gasteiger partial charge in [-0.15, -0.1) is 0 Å². The number of hydrogen-bond acceptors (Lipinski definition) is 3. The molecular formula is C17H22ClN3O3. The minimum absolute atomic E-state index is 0.0307. The minimum atomic E-state index is -0.412. The Hall–Kier alpha value is -2.08. The maximum absolute atomic E-state index is 12.4. The van der Waals surface area contributed by atoms with Gasteiger partial charge in [-0.2, -0.15) is 0 Å². The molecule has 0 aliphatic carbocycles. The van der Waals surface area contributed by atoms with E-state index in [0.717, 1.165) is 6.42 Å². The molecule has 1 fully saturated rings. The summed E-state index contributed by atoms with van der Waals surface area (Å²) in [4.78, 5) is 37.8. The largest absolute Gasteiger partial charge is 0.350 e. The molecule has 1 aromatic rings. The molecule has 1 aromatic carbocycles. The molecule has 1 heterocycles. The van der Waals surface area contributed by atoms with E-state index >= 15 is 0 Å². The summed E-state index contributed by atoms with van der Waals surface area (Å²) in [6.07, 6.45) is 1.21. The van der Waals surface area contributed by atoms with Crippen molar-refractivity contribution in [3.63, 3.8) is 0 Å². The lowest BCUT2D eigenvalue weighted by atomic mass is 10.1. The van der Waals surface area contributed by atoms with E-state index in [1.165, 1.54) is 0 Å². The van der Waals surface area contributed by atoms with E-state index in [4.69, 9.17) is 11.6 Å². The van der Waals surface area contributed by atoms with E-state index in [0.29, 0.717) is 29.2 Å². The van der Waals surface area contributed by atoms with Crippen LogP contribution in [-0.4, -0.2) is 36.3 Å². The number of nitrogens with zero attached hydrogens (tertiary/aromatic N) is 1. The number of rotatable bonds is 4. The van der Waals surface area contributed by atoms with Crippen molar-refractivity contribution in [3.8, 4) is 0 Å². The Bertz CT molecular complexity index is 668. The molecule has 0 saturated carbocycles. The maximum Gasteiger partial charge on any atom is 0.253 e. The molecule has 130 valence electrons. The first-order valence-electron chi connectivity index (χ1n) is 7.86. The van der Waals surface area contributed by atoms with Crippen molar-refractivity contribution in [1.82, 2.24) is 10.6 Å². The van der Waals surface area contributed by atoms with Gasteiger partial charge in [-0.05, 0) is 45.4 Å². The molecule has 24 heavy (non-hydrogen) atoms. The third kappa shape index (κ3) is 4.71. The normalized spacial score (nSPS) is 14.7. The van der Waals surface area contributed by atoms with Gasteiger partial charge in [0.05, 0.1) is 17.8 Å². The summed E-state index contributed by atoms with van der Waals surface area (Å²) in [6.45, 7) is 6.02. The second-order valence-corrected chi connectivity index (χ2v) is 7.23. The van der Waals surface area contributed by atoms with Crippen LogP contribution >= 0.6 is 11.6 Å². The molecule has 2 N–H and O–H groups in total. The average Bonchev–Trinajstić information content (AvgIpc) is 2.89. The van der Waals surface area contributed by atoms with E-state index in [2.05, 4.69) is 10.6 Å². The first-order valence-corrected chi connectivity index (χ1v) is 8.24. The summed E-state index contributed by atoms with van der Waals surface area (Å²) in [7, 11) is 0. The lowest BCUT2D eigenvalue weighted by Crippen LogP contribution is -2.46. The van der Waals surface area contributed by atoms with Gasteiger partial charge in [-0.1, -0.05) is 11.6 Å². The summed E-state index contributed by atoms with van der Waals surface area (Å²) in [6, 6.07) is 4.77. The topological polar surface area (TPSA) is 78.5 Å². The van der Waals surface area contributed by atoms with Gasteiger partial charge < -0.3 is 15.5 Å². The Kier molecular flexibility index (Phi) is 5.49. The zero-order valence-electron chi connectivity index (χ0n) is 14.1. The zero-order chi connectivity index (χ0) is 17.9. The number of benzene rings is 1. The monoisotopic (exact) mass is 351 g/mol. The molecule has 1 saturated heterocycles. The molecule has 0 spiro atoms. The Morgan fingerprint density at radius 3 is 2.58 bits per heavy atom. The lowest BCUT2D eigenvalue weighted by Gasteiger charge is -2.21. The highest BCUT2D eigenvalue weighted by Gasteiger charge is 2.26. The Balaban J connectivity index is 2.12. The van der Waals surface area contributed by atoms with Gasteiger partial charge >= 0.3 is 0 Å². The maximum atomic E-state index is 12.4. The molecule has 0 bridgehead atoms. The van der Waals surface area contributed by atoms with Gasteiger partial charge in [-0.25, -0.2) is 0 Å². The molecular weight excluding hydrogens is 330 g/mol. The van der Waals surface area contributed by atoms with Gasteiger partial charge in [-0.3, -0.25) is 14.4 Å². The molecule has 0 atom stereocenters. The van der Waals surface area contributed by atoms with Crippen LogP contribution in [0.1, 0.15) is 44.0 Å². The number of nitrogens with one attached hydrogen (secondary N) is 2. The number of amides is 3. The number of hydrogen-bond donors (Lipinski definition) is 2. The van der Waals surface area contributed by atoms with Crippen LogP contribution in [0.4, 0.5) is 5.69 Å². The van der Waals surface area contributed by atoms with Crippen molar-refractivity contribution in [3.05, 3.63) is 28.8 Å². The highest BCUT2D eigenvalue weighted by atomic mass is 35.5. The quantitative estimate of drug-likeness (QED) is 0.872. The van der Waals surface area contributed by atoms with Crippen LogP contribution in [0.5, 0.6) is 0 Å². The van der Waals surface area contributed by atoms with Crippen LogP contribution in [-0.2, 0) is 9.59 Å². The molecule has 6 nitrogen and oxygen atoms in total. The summed E-state index contributed by atoms with van der Waals surface area (Å²) in [5.41, 5.74) is 0.451. The number of halogens is 1.